The molecule has 0 heterocycles. The number of nitriles is 1. The van der Waals surface area contributed by atoms with Crippen LogP contribution in [-0.2, 0) is 0 Å². The average Bonchev–Trinajstić information content (AvgIpc) is 2.17. The summed E-state index contributed by atoms with van der Waals surface area (Å²) in [4.78, 5) is 0. The molecular formula is C14H17N. The fourth-order valence-electron chi connectivity index (χ4n) is 2.15. The van der Waals surface area contributed by atoms with Crippen LogP contribution in [-0.4, -0.2) is 0 Å². The van der Waals surface area contributed by atoms with Crippen molar-refractivity contribution in [2.45, 2.75) is 38.5 Å². The Kier molecular flexibility index (Phi) is 2.77. The zero-order chi connectivity index (χ0) is 10.8. The van der Waals surface area contributed by atoms with E-state index in [1.54, 1.807) is 0 Å². The van der Waals surface area contributed by atoms with Gasteiger partial charge in [-0.25, -0.2) is 0 Å². The Morgan fingerprint density at radius 1 is 1.20 bits per heavy atom. The molecule has 1 nitrogen and oxygen atoms in total. The molecule has 0 unspecified atom stereocenters. The van der Waals surface area contributed by atoms with Gasteiger partial charge in [0.2, 0.25) is 0 Å². The number of hydrogen-bond donors (Lipinski definition) is 0. The van der Waals surface area contributed by atoms with Gasteiger partial charge in [0.25, 0.3) is 0 Å². The predicted octanol–water partition coefficient (Wildman–Crippen LogP) is 3.83. The molecule has 0 bridgehead atoms. The van der Waals surface area contributed by atoms with E-state index in [9.17, 15) is 0 Å². The summed E-state index contributed by atoms with van der Waals surface area (Å²) in [5, 5.41) is 8.72. The van der Waals surface area contributed by atoms with E-state index < -0.39 is 0 Å². The lowest BCUT2D eigenvalue weighted by molar-refractivity contribution is 0.331. The van der Waals surface area contributed by atoms with Crippen LogP contribution in [0.2, 0.25) is 0 Å². The summed E-state index contributed by atoms with van der Waals surface area (Å²) in [6.07, 6.45) is 2.11. The van der Waals surface area contributed by atoms with Crippen LogP contribution in [0, 0.1) is 17.2 Å². The first-order chi connectivity index (χ1) is 7.20. The van der Waals surface area contributed by atoms with Crippen molar-refractivity contribution in [3.05, 3.63) is 35.4 Å². The van der Waals surface area contributed by atoms with E-state index in [0.29, 0.717) is 17.8 Å². The van der Waals surface area contributed by atoms with Gasteiger partial charge in [-0.2, -0.15) is 5.26 Å². The van der Waals surface area contributed by atoms with Crippen molar-refractivity contribution >= 4 is 0 Å². The molecule has 0 aromatic heterocycles. The maximum atomic E-state index is 8.72. The van der Waals surface area contributed by atoms with E-state index in [1.807, 2.05) is 0 Å². The van der Waals surface area contributed by atoms with Gasteiger partial charge in [-0.3, -0.25) is 0 Å². The number of benzene rings is 1. The van der Waals surface area contributed by atoms with Crippen molar-refractivity contribution in [1.29, 1.82) is 5.26 Å². The molecule has 0 saturated heterocycles. The molecule has 0 N–H and O–H groups in total. The van der Waals surface area contributed by atoms with Crippen molar-refractivity contribution < 1.29 is 0 Å². The highest BCUT2D eigenvalue weighted by Crippen LogP contribution is 2.41. The van der Waals surface area contributed by atoms with Gasteiger partial charge in [0.15, 0.2) is 0 Å². The van der Waals surface area contributed by atoms with E-state index in [1.165, 1.54) is 11.1 Å². The summed E-state index contributed by atoms with van der Waals surface area (Å²) >= 11 is 0. The van der Waals surface area contributed by atoms with E-state index in [4.69, 9.17) is 5.26 Å². The van der Waals surface area contributed by atoms with Crippen LogP contribution >= 0.6 is 0 Å². The number of rotatable bonds is 2. The molecule has 1 aromatic rings. The fourth-order valence-corrected chi connectivity index (χ4v) is 2.15. The zero-order valence-corrected chi connectivity index (χ0v) is 9.40. The van der Waals surface area contributed by atoms with Crippen LogP contribution < -0.4 is 0 Å². The van der Waals surface area contributed by atoms with Crippen molar-refractivity contribution in [2.24, 2.45) is 5.92 Å². The van der Waals surface area contributed by atoms with Crippen molar-refractivity contribution in [1.82, 2.24) is 0 Å². The third-order valence-corrected chi connectivity index (χ3v) is 3.40. The molecule has 1 fully saturated rings. The maximum Gasteiger partial charge on any atom is 0.0656 e. The minimum Gasteiger partial charge on any atom is -0.198 e. The lowest BCUT2D eigenvalue weighted by atomic mass is 9.72. The quantitative estimate of drug-likeness (QED) is 0.710. The molecule has 1 heteroatoms. The Morgan fingerprint density at radius 2 is 1.80 bits per heavy atom. The Morgan fingerprint density at radius 3 is 2.27 bits per heavy atom. The molecule has 1 aliphatic rings. The topological polar surface area (TPSA) is 23.8 Å². The van der Waals surface area contributed by atoms with Crippen LogP contribution in [0.3, 0.4) is 0 Å². The lowest BCUT2D eigenvalue weighted by Gasteiger charge is -2.31. The van der Waals surface area contributed by atoms with Crippen molar-refractivity contribution in [2.75, 3.05) is 0 Å². The second kappa shape index (κ2) is 4.06. The Hall–Kier alpha value is -1.29. The standard InChI is InChI=1S/C14H17N/c1-10(2)12-3-5-13(6-4-12)14-7-11(8-14)9-15/h3-6,10-11,14H,7-8H2,1-2H3. The smallest absolute Gasteiger partial charge is 0.0656 e. The third kappa shape index (κ3) is 2.04. The largest absolute Gasteiger partial charge is 0.198 e. The summed E-state index contributed by atoms with van der Waals surface area (Å²) in [5.41, 5.74) is 2.81. The van der Waals surface area contributed by atoms with E-state index >= 15 is 0 Å². The predicted molar refractivity (Wildman–Crippen MR) is 61.6 cm³/mol. The van der Waals surface area contributed by atoms with Crippen molar-refractivity contribution in [3.8, 4) is 6.07 Å². The summed E-state index contributed by atoms with van der Waals surface area (Å²) in [7, 11) is 0. The molecule has 0 atom stereocenters. The lowest BCUT2D eigenvalue weighted by Crippen LogP contribution is -2.20. The van der Waals surface area contributed by atoms with Crippen LogP contribution in [0.1, 0.15) is 49.7 Å². The normalized spacial score (nSPS) is 24.7. The first kappa shape index (κ1) is 10.2. The van der Waals surface area contributed by atoms with Gasteiger partial charge in [-0.1, -0.05) is 38.1 Å². The second-order valence-corrected chi connectivity index (χ2v) is 4.82. The van der Waals surface area contributed by atoms with Gasteiger partial charge in [-0.15, -0.1) is 0 Å². The van der Waals surface area contributed by atoms with Gasteiger partial charge < -0.3 is 0 Å². The summed E-state index contributed by atoms with van der Waals surface area (Å²) < 4.78 is 0. The maximum absolute atomic E-state index is 8.72. The third-order valence-electron chi connectivity index (χ3n) is 3.40. The first-order valence-electron chi connectivity index (χ1n) is 5.70. The van der Waals surface area contributed by atoms with Gasteiger partial charge in [0.05, 0.1) is 6.07 Å². The van der Waals surface area contributed by atoms with Crippen LogP contribution in [0.5, 0.6) is 0 Å². The highest BCUT2D eigenvalue weighted by Gasteiger charge is 2.29. The number of hydrogen-bond acceptors (Lipinski definition) is 1. The average molecular weight is 199 g/mol. The molecule has 0 spiro atoms. The van der Waals surface area contributed by atoms with Crippen LogP contribution in [0.15, 0.2) is 24.3 Å². The van der Waals surface area contributed by atoms with Crippen LogP contribution in [0.25, 0.3) is 0 Å². The monoisotopic (exact) mass is 199 g/mol. The summed E-state index contributed by atoms with van der Waals surface area (Å²) in [6, 6.07) is 11.2. The first-order valence-corrected chi connectivity index (χ1v) is 5.70. The highest BCUT2D eigenvalue weighted by molar-refractivity contribution is 5.29. The van der Waals surface area contributed by atoms with Gasteiger partial charge in [-0.05, 0) is 35.8 Å². The molecule has 1 saturated carbocycles. The molecule has 78 valence electrons. The Bertz CT molecular complexity index is 363. The fraction of sp³-hybridized carbons (Fsp3) is 0.500. The molecule has 0 aliphatic heterocycles. The molecule has 0 radical (unpaired) electrons. The van der Waals surface area contributed by atoms with E-state index in [2.05, 4.69) is 44.2 Å². The van der Waals surface area contributed by atoms with E-state index in [-0.39, 0.29) is 0 Å². The van der Waals surface area contributed by atoms with E-state index in [0.717, 1.165) is 12.8 Å². The molecular weight excluding hydrogens is 182 g/mol. The Balaban J connectivity index is 2.03. The highest BCUT2D eigenvalue weighted by atomic mass is 14.4. The summed E-state index contributed by atoms with van der Waals surface area (Å²) in [6.45, 7) is 4.42. The zero-order valence-electron chi connectivity index (χ0n) is 9.40. The Labute approximate surface area is 91.7 Å². The van der Waals surface area contributed by atoms with Crippen molar-refractivity contribution in [3.63, 3.8) is 0 Å². The molecule has 15 heavy (non-hydrogen) atoms. The van der Waals surface area contributed by atoms with Gasteiger partial charge in [0, 0.05) is 5.92 Å². The minimum atomic E-state index is 0.305. The van der Waals surface area contributed by atoms with Gasteiger partial charge >= 0.3 is 0 Å². The molecule has 0 amide bonds. The van der Waals surface area contributed by atoms with Crippen LogP contribution in [0.4, 0.5) is 0 Å². The minimum absolute atomic E-state index is 0.305. The van der Waals surface area contributed by atoms with Gasteiger partial charge in [0.1, 0.15) is 0 Å². The second-order valence-electron chi connectivity index (χ2n) is 4.82. The number of nitrogens with zero attached hydrogens (tertiary/aromatic N) is 1. The SMILES string of the molecule is CC(C)c1ccc(C2CC(C#N)C2)cc1. The summed E-state index contributed by atoms with van der Waals surface area (Å²) in [5.74, 6) is 1.54. The molecule has 1 aromatic carbocycles. The molecule has 2 rings (SSSR count). The molecule has 1 aliphatic carbocycles.